The van der Waals surface area contributed by atoms with Crippen LogP contribution in [-0.2, 0) is 9.53 Å². The number of nitrogens with zero attached hydrogens (tertiary/aromatic N) is 2. The minimum absolute atomic E-state index is 0.0711. The van der Waals surface area contributed by atoms with Crippen molar-refractivity contribution in [3.8, 4) is 0 Å². The van der Waals surface area contributed by atoms with Gasteiger partial charge in [0, 0.05) is 32.1 Å². The number of likely N-dealkylation sites (tertiary alicyclic amines) is 1. The number of hydrogen-bond acceptors (Lipinski definition) is 8. The number of alkyl carbamates (subject to hydrolysis) is 1. The maximum Gasteiger partial charge on any atom is 0.407 e. The second-order valence-electron chi connectivity index (χ2n) is 7.84. The molecule has 0 spiro atoms. The number of nitrogens with one attached hydrogen (secondary N) is 4. The van der Waals surface area contributed by atoms with Gasteiger partial charge in [0.05, 0.1) is 0 Å². The van der Waals surface area contributed by atoms with Crippen molar-refractivity contribution in [2.75, 3.05) is 26.4 Å². The molecule has 1 atom stereocenters. The summed E-state index contributed by atoms with van der Waals surface area (Å²) in [5, 5.41) is 11.4. The summed E-state index contributed by atoms with van der Waals surface area (Å²) in [6, 6.07) is 0.0711. The largest absolute Gasteiger partial charge is 0.444 e. The SMILES string of the molecule is CNC1(SC)N=C(N2CCC(NC(=O)OC(C)(C)C)CC2)C=C(NC(C)=O)N1. The number of thioether (sulfide) groups is 1. The van der Waals surface area contributed by atoms with Gasteiger partial charge in [-0.1, -0.05) is 11.8 Å². The van der Waals surface area contributed by atoms with Crippen LogP contribution in [0.3, 0.4) is 0 Å². The van der Waals surface area contributed by atoms with Gasteiger partial charge < -0.3 is 25.6 Å². The monoisotopic (exact) mass is 412 g/mol. The number of carbonyl (C=O) groups is 2. The Kier molecular flexibility index (Phi) is 7.22. The fourth-order valence-electron chi connectivity index (χ4n) is 3.03. The Bertz CT molecular complexity index is 646. The number of hydrogen-bond donors (Lipinski definition) is 4. The van der Waals surface area contributed by atoms with Gasteiger partial charge in [-0.2, -0.15) is 0 Å². The fraction of sp³-hybridized carbons (Fsp3) is 0.722. The number of aliphatic imine (C=N–C) groups is 1. The molecular weight excluding hydrogens is 380 g/mol. The van der Waals surface area contributed by atoms with Crippen LogP contribution in [0.25, 0.3) is 0 Å². The molecule has 0 aromatic rings. The Hall–Kier alpha value is -1.94. The third-order valence-electron chi connectivity index (χ3n) is 4.33. The average molecular weight is 413 g/mol. The van der Waals surface area contributed by atoms with Crippen molar-refractivity contribution in [1.29, 1.82) is 0 Å². The lowest BCUT2D eigenvalue weighted by molar-refractivity contribution is -0.118. The Balaban J connectivity index is 2.02. The van der Waals surface area contributed by atoms with Crippen LogP contribution in [0.15, 0.2) is 16.9 Å². The van der Waals surface area contributed by atoms with E-state index >= 15 is 0 Å². The molecule has 9 nitrogen and oxygen atoms in total. The standard InChI is InChI=1S/C18H32N6O3S/c1-12(25)20-14-11-15(23-18(19-5,22-14)28-6)24-9-7-13(8-10-24)21-16(26)27-17(2,3)4/h11,13,19,22H,7-10H2,1-6H3,(H,20,25)(H,21,26). The van der Waals surface area contributed by atoms with Gasteiger partial charge in [0.15, 0.2) is 0 Å². The van der Waals surface area contributed by atoms with Gasteiger partial charge >= 0.3 is 6.09 Å². The average Bonchev–Trinajstić information content (AvgIpc) is 2.59. The van der Waals surface area contributed by atoms with Crippen molar-refractivity contribution in [3.63, 3.8) is 0 Å². The van der Waals surface area contributed by atoms with Crippen LogP contribution >= 0.6 is 11.8 Å². The number of rotatable bonds is 4. The van der Waals surface area contributed by atoms with Crippen molar-refractivity contribution < 1.29 is 14.3 Å². The molecule has 1 unspecified atom stereocenters. The van der Waals surface area contributed by atoms with Crippen LogP contribution in [0.5, 0.6) is 0 Å². The fourth-order valence-corrected chi connectivity index (χ4v) is 3.63. The molecule has 4 N–H and O–H groups in total. The van der Waals surface area contributed by atoms with Crippen molar-refractivity contribution in [2.45, 2.75) is 57.3 Å². The third-order valence-corrected chi connectivity index (χ3v) is 5.32. The predicted molar refractivity (Wildman–Crippen MR) is 112 cm³/mol. The Morgan fingerprint density at radius 1 is 1.36 bits per heavy atom. The van der Waals surface area contributed by atoms with Gasteiger partial charge in [-0.15, -0.1) is 0 Å². The highest BCUT2D eigenvalue weighted by atomic mass is 32.2. The highest BCUT2D eigenvalue weighted by Crippen LogP contribution is 2.24. The molecule has 2 amide bonds. The van der Waals surface area contributed by atoms with Gasteiger partial charge in [0.2, 0.25) is 11.0 Å². The van der Waals surface area contributed by atoms with Gasteiger partial charge in [0.1, 0.15) is 17.3 Å². The van der Waals surface area contributed by atoms with Gasteiger partial charge in [0.25, 0.3) is 0 Å². The van der Waals surface area contributed by atoms with Gasteiger partial charge in [-0.25, -0.2) is 9.79 Å². The molecule has 0 aromatic carbocycles. The summed E-state index contributed by atoms with van der Waals surface area (Å²) in [7, 11) is 1.82. The van der Waals surface area contributed by atoms with Crippen molar-refractivity contribution in [1.82, 2.24) is 26.2 Å². The molecule has 0 bridgehead atoms. The maximum absolute atomic E-state index is 12.0. The Labute approximate surface area is 171 Å². The van der Waals surface area contributed by atoms with E-state index in [1.807, 2.05) is 40.2 Å². The minimum atomic E-state index is -0.743. The Morgan fingerprint density at radius 3 is 2.50 bits per heavy atom. The molecule has 0 aromatic heterocycles. The number of amidine groups is 1. The summed E-state index contributed by atoms with van der Waals surface area (Å²) in [6.07, 6.45) is 4.99. The van der Waals surface area contributed by atoms with E-state index in [9.17, 15) is 9.59 Å². The van der Waals surface area contributed by atoms with Crippen LogP contribution in [0.1, 0.15) is 40.5 Å². The summed E-state index contributed by atoms with van der Waals surface area (Å²) >= 11 is 1.50. The lowest BCUT2D eigenvalue weighted by Gasteiger charge is -2.39. The number of piperidine rings is 1. The molecule has 158 valence electrons. The number of amides is 2. The van der Waals surface area contributed by atoms with Crippen LogP contribution in [0, 0.1) is 0 Å². The molecular formula is C18H32N6O3S. The first-order valence-electron chi connectivity index (χ1n) is 9.41. The van der Waals surface area contributed by atoms with Crippen molar-refractivity contribution in [3.05, 3.63) is 11.9 Å². The molecule has 2 aliphatic heterocycles. The molecule has 0 saturated carbocycles. The van der Waals surface area contributed by atoms with E-state index in [1.54, 1.807) is 0 Å². The van der Waals surface area contributed by atoms with E-state index < -0.39 is 10.7 Å². The maximum atomic E-state index is 12.0. The molecule has 2 heterocycles. The summed E-state index contributed by atoms with van der Waals surface area (Å²) < 4.78 is 5.33. The molecule has 0 aliphatic carbocycles. The topological polar surface area (TPSA) is 107 Å². The first-order valence-corrected chi connectivity index (χ1v) is 10.6. The second-order valence-corrected chi connectivity index (χ2v) is 8.84. The van der Waals surface area contributed by atoms with Gasteiger partial charge in [-0.05, 0) is 46.9 Å². The second kappa shape index (κ2) is 9.04. The zero-order valence-electron chi connectivity index (χ0n) is 17.5. The first-order chi connectivity index (χ1) is 13.1. The van der Waals surface area contributed by atoms with Crippen LogP contribution in [0.4, 0.5) is 4.79 Å². The normalized spacial score (nSPS) is 23.3. The van der Waals surface area contributed by atoms with Crippen molar-refractivity contribution >= 4 is 29.6 Å². The minimum Gasteiger partial charge on any atom is -0.444 e. The molecule has 1 saturated heterocycles. The van der Waals surface area contributed by atoms with E-state index in [0.29, 0.717) is 5.82 Å². The lowest BCUT2D eigenvalue weighted by atomic mass is 10.0. The van der Waals surface area contributed by atoms with Gasteiger partial charge in [-0.3, -0.25) is 10.1 Å². The smallest absolute Gasteiger partial charge is 0.407 e. The first kappa shape index (κ1) is 22.4. The molecule has 2 rings (SSSR count). The van der Waals surface area contributed by atoms with Crippen molar-refractivity contribution in [2.24, 2.45) is 4.99 Å². The lowest BCUT2D eigenvalue weighted by Crippen LogP contribution is -2.57. The summed E-state index contributed by atoms with van der Waals surface area (Å²) in [4.78, 5) is 30.5. The highest BCUT2D eigenvalue weighted by molar-refractivity contribution is 7.99. The predicted octanol–water partition coefficient (Wildman–Crippen LogP) is 1.15. The number of ether oxygens (including phenoxy) is 1. The zero-order chi connectivity index (χ0) is 20.9. The van der Waals surface area contributed by atoms with E-state index in [1.165, 1.54) is 18.7 Å². The highest BCUT2D eigenvalue weighted by Gasteiger charge is 2.33. The van der Waals surface area contributed by atoms with E-state index in [-0.39, 0.29) is 18.0 Å². The Morgan fingerprint density at radius 2 is 2.00 bits per heavy atom. The van der Waals surface area contributed by atoms with E-state index in [4.69, 9.17) is 9.73 Å². The zero-order valence-corrected chi connectivity index (χ0v) is 18.3. The molecule has 1 fully saturated rings. The third kappa shape index (κ3) is 6.30. The summed E-state index contributed by atoms with van der Waals surface area (Å²) in [5.74, 6) is 1.25. The molecule has 28 heavy (non-hydrogen) atoms. The number of carbonyl (C=O) groups excluding carboxylic acids is 2. The van der Waals surface area contributed by atoms with Crippen LogP contribution < -0.4 is 21.3 Å². The molecule has 0 radical (unpaired) electrons. The molecule has 2 aliphatic rings. The molecule has 10 heteroatoms. The van der Waals surface area contributed by atoms with E-state index in [0.717, 1.165) is 31.8 Å². The van der Waals surface area contributed by atoms with Crippen LogP contribution in [-0.4, -0.2) is 65.9 Å². The summed E-state index contributed by atoms with van der Waals surface area (Å²) in [6.45, 7) is 8.52. The van der Waals surface area contributed by atoms with E-state index in [2.05, 4.69) is 26.2 Å². The van der Waals surface area contributed by atoms with Crippen LogP contribution in [0.2, 0.25) is 0 Å². The quantitative estimate of drug-likeness (QED) is 0.513. The summed E-state index contributed by atoms with van der Waals surface area (Å²) in [5.41, 5.74) is -0.506.